The summed E-state index contributed by atoms with van der Waals surface area (Å²) in [5.41, 5.74) is 0.643. The fraction of sp³-hybridized carbons (Fsp3) is 0.706. The van der Waals surface area contributed by atoms with Gasteiger partial charge in [0.2, 0.25) is 6.29 Å². The third-order valence-corrected chi connectivity index (χ3v) is 5.36. The lowest BCUT2D eigenvalue weighted by molar-refractivity contribution is -0.160. The number of rotatable bonds is 4. The molecule has 0 amide bonds. The fourth-order valence-electron chi connectivity index (χ4n) is 3.48. The second kappa shape index (κ2) is 6.14. The number of hydrogen-bond donors (Lipinski definition) is 2. The molecule has 22 heavy (non-hydrogen) atoms. The summed E-state index contributed by atoms with van der Waals surface area (Å²) in [6, 6.07) is 0. The summed E-state index contributed by atoms with van der Waals surface area (Å²) in [6.07, 6.45) is -1.06. The maximum Gasteiger partial charge on any atom is 0.339 e. The third-order valence-electron chi connectivity index (χ3n) is 5.36. The zero-order chi connectivity index (χ0) is 16.7. The molecule has 5 atom stereocenters. The predicted octanol–water partition coefficient (Wildman–Crippen LogP) is 1.94. The van der Waals surface area contributed by atoms with Crippen LogP contribution < -0.4 is 0 Å². The molecule has 2 N–H and O–H groups in total. The van der Waals surface area contributed by atoms with Gasteiger partial charge in [-0.05, 0) is 38.2 Å². The standard InChI is InChI=1S/C17H26O5/c1-6-21-16-10(3)13(15(20)22-16)14(19)17(5)9(2)7-8-12(18)11(17)4/h9,12,14,16,18-19H,4,6-8H2,1-3,5H3. The molecular weight excluding hydrogens is 284 g/mol. The number of aliphatic hydroxyl groups excluding tert-OH is 2. The molecule has 2 rings (SSSR count). The van der Waals surface area contributed by atoms with Gasteiger partial charge in [-0.3, -0.25) is 0 Å². The summed E-state index contributed by atoms with van der Waals surface area (Å²) >= 11 is 0. The van der Waals surface area contributed by atoms with Gasteiger partial charge in [0, 0.05) is 17.6 Å². The minimum absolute atomic E-state index is 0.0950. The fourth-order valence-corrected chi connectivity index (χ4v) is 3.48. The second-order valence-electron chi connectivity index (χ2n) is 6.49. The number of cyclic esters (lactones) is 1. The Morgan fingerprint density at radius 2 is 2.14 bits per heavy atom. The van der Waals surface area contributed by atoms with Crippen molar-refractivity contribution in [3.05, 3.63) is 23.3 Å². The number of aliphatic hydroxyl groups is 2. The number of hydrogen-bond acceptors (Lipinski definition) is 5. The van der Waals surface area contributed by atoms with Crippen LogP contribution in [0.25, 0.3) is 0 Å². The molecule has 1 fully saturated rings. The Kier molecular flexibility index (Phi) is 4.80. The summed E-state index contributed by atoms with van der Waals surface area (Å²) in [6.45, 7) is 11.8. The predicted molar refractivity (Wildman–Crippen MR) is 81.9 cm³/mol. The van der Waals surface area contributed by atoms with Gasteiger partial charge in [-0.2, -0.15) is 0 Å². The van der Waals surface area contributed by atoms with Crippen LogP contribution in [0.2, 0.25) is 0 Å². The molecule has 0 bridgehead atoms. The first-order chi connectivity index (χ1) is 10.2. The van der Waals surface area contributed by atoms with E-state index in [9.17, 15) is 15.0 Å². The van der Waals surface area contributed by atoms with Crippen molar-refractivity contribution in [1.29, 1.82) is 0 Å². The molecule has 5 unspecified atom stereocenters. The minimum atomic E-state index is -1.07. The highest BCUT2D eigenvalue weighted by Gasteiger charge is 2.51. The average molecular weight is 310 g/mol. The van der Waals surface area contributed by atoms with Crippen LogP contribution in [0, 0.1) is 11.3 Å². The van der Waals surface area contributed by atoms with Gasteiger partial charge in [-0.15, -0.1) is 0 Å². The van der Waals surface area contributed by atoms with Crippen LogP contribution in [-0.4, -0.2) is 41.3 Å². The van der Waals surface area contributed by atoms with E-state index in [0.717, 1.165) is 6.42 Å². The molecule has 1 heterocycles. The van der Waals surface area contributed by atoms with Gasteiger partial charge >= 0.3 is 5.97 Å². The van der Waals surface area contributed by atoms with Gasteiger partial charge < -0.3 is 19.7 Å². The molecule has 2 aliphatic rings. The van der Waals surface area contributed by atoms with Crippen LogP contribution in [0.15, 0.2) is 23.3 Å². The van der Waals surface area contributed by atoms with Gasteiger partial charge in [-0.25, -0.2) is 4.79 Å². The van der Waals surface area contributed by atoms with Crippen LogP contribution in [0.5, 0.6) is 0 Å². The highest BCUT2D eigenvalue weighted by atomic mass is 16.7. The summed E-state index contributed by atoms with van der Waals surface area (Å²) in [5, 5.41) is 21.1. The Balaban J connectivity index is 2.38. The van der Waals surface area contributed by atoms with E-state index in [1.165, 1.54) is 0 Å². The Morgan fingerprint density at radius 1 is 1.50 bits per heavy atom. The van der Waals surface area contributed by atoms with Crippen LogP contribution in [0.1, 0.15) is 40.5 Å². The molecule has 0 spiro atoms. The average Bonchev–Trinajstić information content (AvgIpc) is 2.75. The monoisotopic (exact) mass is 310 g/mol. The van der Waals surface area contributed by atoms with Gasteiger partial charge in [0.05, 0.1) is 17.8 Å². The van der Waals surface area contributed by atoms with Crippen LogP contribution in [-0.2, 0) is 14.3 Å². The molecule has 124 valence electrons. The van der Waals surface area contributed by atoms with Gasteiger partial charge in [0.1, 0.15) is 0 Å². The highest BCUT2D eigenvalue weighted by Crippen LogP contribution is 2.49. The number of carbonyl (C=O) groups excluding carboxylic acids is 1. The SMILES string of the molecule is C=C1C(O)CCC(C)C1(C)C(O)C1=C(C)C(OCC)OC1=O. The molecule has 0 aromatic carbocycles. The van der Waals surface area contributed by atoms with Crippen molar-refractivity contribution >= 4 is 5.97 Å². The van der Waals surface area contributed by atoms with Crippen molar-refractivity contribution in [3.8, 4) is 0 Å². The first-order valence-electron chi connectivity index (χ1n) is 7.83. The molecule has 0 radical (unpaired) electrons. The smallest absolute Gasteiger partial charge is 0.339 e. The van der Waals surface area contributed by atoms with Crippen molar-refractivity contribution in [2.45, 2.75) is 59.0 Å². The molecule has 1 aliphatic heterocycles. The van der Waals surface area contributed by atoms with Crippen LogP contribution in [0.4, 0.5) is 0 Å². The molecular formula is C17H26O5. The van der Waals surface area contributed by atoms with E-state index >= 15 is 0 Å². The summed E-state index contributed by atoms with van der Waals surface area (Å²) in [7, 11) is 0. The lowest BCUT2D eigenvalue weighted by Crippen LogP contribution is -2.48. The summed E-state index contributed by atoms with van der Waals surface area (Å²) in [4.78, 5) is 12.2. The molecule has 1 saturated carbocycles. The Labute approximate surface area is 131 Å². The van der Waals surface area contributed by atoms with Crippen molar-refractivity contribution in [1.82, 2.24) is 0 Å². The zero-order valence-electron chi connectivity index (χ0n) is 13.8. The number of esters is 1. The maximum absolute atomic E-state index is 12.2. The lowest BCUT2D eigenvalue weighted by Gasteiger charge is -2.47. The van der Waals surface area contributed by atoms with E-state index < -0.39 is 29.9 Å². The topological polar surface area (TPSA) is 76.0 Å². The minimum Gasteiger partial charge on any atom is -0.428 e. The third kappa shape index (κ3) is 2.51. The maximum atomic E-state index is 12.2. The molecule has 0 aromatic heterocycles. The van der Waals surface area contributed by atoms with Crippen molar-refractivity contribution in [2.24, 2.45) is 11.3 Å². The van der Waals surface area contributed by atoms with Crippen LogP contribution in [0.3, 0.4) is 0 Å². The normalized spacial score (nSPS) is 37.5. The van der Waals surface area contributed by atoms with Gasteiger partial charge in [0.25, 0.3) is 0 Å². The quantitative estimate of drug-likeness (QED) is 0.613. The van der Waals surface area contributed by atoms with Crippen LogP contribution >= 0.6 is 0 Å². The van der Waals surface area contributed by atoms with E-state index in [1.54, 1.807) is 6.92 Å². The molecule has 1 aliphatic carbocycles. The second-order valence-corrected chi connectivity index (χ2v) is 6.49. The van der Waals surface area contributed by atoms with Crippen molar-refractivity contribution in [2.75, 3.05) is 6.61 Å². The van der Waals surface area contributed by atoms with Gasteiger partial charge in [-0.1, -0.05) is 20.4 Å². The molecule has 5 nitrogen and oxygen atoms in total. The van der Waals surface area contributed by atoms with Crippen molar-refractivity contribution in [3.63, 3.8) is 0 Å². The Bertz CT molecular complexity index is 509. The Hall–Kier alpha value is -1.17. The first kappa shape index (κ1) is 17.2. The molecule has 0 aromatic rings. The zero-order valence-corrected chi connectivity index (χ0v) is 13.8. The highest BCUT2D eigenvalue weighted by molar-refractivity contribution is 5.93. The molecule has 5 heteroatoms. The van der Waals surface area contributed by atoms with Gasteiger partial charge in [0.15, 0.2) is 0 Å². The first-order valence-corrected chi connectivity index (χ1v) is 7.83. The number of carbonyl (C=O) groups is 1. The van der Waals surface area contributed by atoms with E-state index in [0.29, 0.717) is 24.2 Å². The lowest BCUT2D eigenvalue weighted by atomic mass is 9.60. The summed E-state index contributed by atoms with van der Waals surface area (Å²) < 4.78 is 10.6. The van der Waals surface area contributed by atoms with E-state index in [2.05, 4.69) is 6.58 Å². The molecule has 0 saturated heterocycles. The van der Waals surface area contributed by atoms with Crippen molar-refractivity contribution < 1.29 is 24.5 Å². The summed E-state index contributed by atoms with van der Waals surface area (Å²) in [5.74, 6) is -0.456. The van der Waals surface area contributed by atoms with E-state index in [1.807, 2.05) is 20.8 Å². The van der Waals surface area contributed by atoms with E-state index in [-0.39, 0.29) is 11.5 Å². The largest absolute Gasteiger partial charge is 0.428 e. The Morgan fingerprint density at radius 3 is 2.73 bits per heavy atom. The van der Waals surface area contributed by atoms with E-state index in [4.69, 9.17) is 9.47 Å². The number of ether oxygens (including phenoxy) is 2.